The summed E-state index contributed by atoms with van der Waals surface area (Å²) < 4.78 is 17.0. The number of benzene rings is 2. The Labute approximate surface area is 141 Å². The van der Waals surface area contributed by atoms with Crippen molar-refractivity contribution in [3.63, 3.8) is 0 Å². The Hall–Kier alpha value is -2.69. The number of carbonyl (C=O) groups excluding carboxylic acids is 1. The fourth-order valence-corrected chi connectivity index (χ4v) is 2.77. The smallest absolute Gasteiger partial charge is 0.267 e. The number of amides is 1. The van der Waals surface area contributed by atoms with Gasteiger partial charge in [-0.15, -0.1) is 0 Å². The summed E-state index contributed by atoms with van der Waals surface area (Å²) in [7, 11) is 3.38. The number of likely N-dealkylation sites (N-methyl/N-ethyl adjacent to an activating group) is 1. The summed E-state index contributed by atoms with van der Waals surface area (Å²) in [4.78, 5) is 14.4. The Morgan fingerprint density at radius 2 is 1.71 bits per heavy atom. The molecule has 1 heterocycles. The summed E-state index contributed by atoms with van der Waals surface area (Å²) in [5.41, 5.74) is 0.945. The second-order valence-electron chi connectivity index (χ2n) is 5.81. The van der Waals surface area contributed by atoms with E-state index in [4.69, 9.17) is 14.2 Å². The molecule has 3 rings (SSSR count). The van der Waals surface area contributed by atoms with Gasteiger partial charge in [-0.05, 0) is 25.1 Å². The quantitative estimate of drug-likeness (QED) is 0.866. The predicted octanol–water partition coefficient (Wildman–Crippen LogP) is 2.88. The molecule has 2 unspecified atom stereocenters. The lowest BCUT2D eigenvalue weighted by atomic mass is 10.1. The number of hydrogen-bond acceptors (Lipinski definition) is 4. The zero-order valence-electron chi connectivity index (χ0n) is 14.1. The maximum atomic E-state index is 12.8. The molecule has 2 atom stereocenters. The third-order valence-electron chi connectivity index (χ3n) is 4.06. The first-order valence-electron chi connectivity index (χ1n) is 7.89. The first-order chi connectivity index (χ1) is 11.6. The van der Waals surface area contributed by atoms with E-state index in [2.05, 4.69) is 0 Å². The van der Waals surface area contributed by atoms with Crippen molar-refractivity contribution in [2.24, 2.45) is 0 Å². The van der Waals surface area contributed by atoms with Gasteiger partial charge >= 0.3 is 0 Å². The van der Waals surface area contributed by atoms with Crippen LogP contribution in [0, 0.1) is 0 Å². The minimum absolute atomic E-state index is 0.122. The van der Waals surface area contributed by atoms with Crippen molar-refractivity contribution in [1.82, 2.24) is 4.90 Å². The van der Waals surface area contributed by atoms with Crippen LogP contribution in [-0.2, 0) is 11.3 Å². The predicted molar refractivity (Wildman–Crippen MR) is 90.4 cm³/mol. The van der Waals surface area contributed by atoms with Crippen LogP contribution >= 0.6 is 0 Å². The van der Waals surface area contributed by atoms with Gasteiger partial charge in [-0.2, -0.15) is 0 Å². The average molecular weight is 327 g/mol. The number of carbonyl (C=O) groups is 1. The standard InChI is InChI=1S/C19H21NO4/c1-13-18(24-17-11-7-6-10-16(17)23-13)19(21)20(2)12-14-8-4-5-9-15(14)22-3/h4-11,13,18H,12H2,1-3H3. The molecule has 126 valence electrons. The first-order valence-corrected chi connectivity index (χ1v) is 7.89. The van der Waals surface area contributed by atoms with Crippen LogP contribution in [-0.4, -0.2) is 37.2 Å². The molecule has 1 amide bonds. The van der Waals surface area contributed by atoms with Gasteiger partial charge in [0.2, 0.25) is 6.10 Å². The van der Waals surface area contributed by atoms with Crippen LogP contribution in [0.1, 0.15) is 12.5 Å². The molecule has 2 aromatic carbocycles. The molecule has 24 heavy (non-hydrogen) atoms. The summed E-state index contributed by atoms with van der Waals surface area (Å²) in [5, 5.41) is 0. The molecule has 0 aromatic heterocycles. The van der Waals surface area contributed by atoms with Crippen molar-refractivity contribution in [2.75, 3.05) is 14.2 Å². The minimum atomic E-state index is -0.667. The Morgan fingerprint density at radius 3 is 2.42 bits per heavy atom. The number of ether oxygens (including phenoxy) is 3. The van der Waals surface area contributed by atoms with Gasteiger partial charge in [0, 0.05) is 19.2 Å². The molecule has 2 aromatic rings. The van der Waals surface area contributed by atoms with Gasteiger partial charge in [0.05, 0.1) is 7.11 Å². The number of methoxy groups -OCH3 is 1. The normalized spacial score (nSPS) is 18.8. The number of para-hydroxylation sites is 3. The van der Waals surface area contributed by atoms with Gasteiger partial charge in [-0.25, -0.2) is 0 Å². The van der Waals surface area contributed by atoms with E-state index in [1.54, 1.807) is 19.1 Å². The molecule has 5 nitrogen and oxygen atoms in total. The maximum Gasteiger partial charge on any atom is 0.267 e. The summed E-state index contributed by atoms with van der Waals surface area (Å²) in [6, 6.07) is 15.0. The molecular weight excluding hydrogens is 306 g/mol. The van der Waals surface area contributed by atoms with E-state index in [1.165, 1.54) is 0 Å². The summed E-state index contributed by atoms with van der Waals surface area (Å²) in [5.74, 6) is 1.90. The fourth-order valence-electron chi connectivity index (χ4n) is 2.77. The van der Waals surface area contributed by atoms with Crippen LogP contribution in [0.25, 0.3) is 0 Å². The molecule has 1 aliphatic heterocycles. The van der Waals surface area contributed by atoms with Gasteiger partial charge in [0.25, 0.3) is 5.91 Å². The molecule has 0 N–H and O–H groups in total. The van der Waals surface area contributed by atoms with Crippen molar-refractivity contribution < 1.29 is 19.0 Å². The van der Waals surface area contributed by atoms with E-state index >= 15 is 0 Å². The van der Waals surface area contributed by atoms with E-state index < -0.39 is 6.10 Å². The van der Waals surface area contributed by atoms with Crippen LogP contribution in [0.2, 0.25) is 0 Å². The maximum absolute atomic E-state index is 12.8. The van der Waals surface area contributed by atoms with Crippen LogP contribution in [0.15, 0.2) is 48.5 Å². The van der Waals surface area contributed by atoms with Gasteiger partial charge in [-0.3, -0.25) is 4.79 Å². The Morgan fingerprint density at radius 1 is 1.08 bits per heavy atom. The molecule has 0 saturated heterocycles. The highest BCUT2D eigenvalue weighted by Gasteiger charge is 2.35. The Bertz CT molecular complexity index is 731. The molecule has 0 radical (unpaired) electrons. The molecule has 0 saturated carbocycles. The number of hydrogen-bond donors (Lipinski definition) is 0. The zero-order valence-corrected chi connectivity index (χ0v) is 14.1. The third kappa shape index (κ3) is 3.15. The van der Waals surface area contributed by atoms with Crippen molar-refractivity contribution in [3.8, 4) is 17.2 Å². The van der Waals surface area contributed by atoms with Gasteiger partial charge in [0.15, 0.2) is 11.5 Å². The minimum Gasteiger partial charge on any atom is -0.496 e. The highest BCUT2D eigenvalue weighted by molar-refractivity contribution is 5.82. The molecule has 5 heteroatoms. The molecular formula is C19H21NO4. The number of nitrogens with zero attached hydrogens (tertiary/aromatic N) is 1. The lowest BCUT2D eigenvalue weighted by Crippen LogP contribution is -2.49. The lowest BCUT2D eigenvalue weighted by Gasteiger charge is -2.33. The summed E-state index contributed by atoms with van der Waals surface area (Å²) >= 11 is 0. The fraction of sp³-hybridized carbons (Fsp3) is 0.316. The van der Waals surface area contributed by atoms with Crippen LogP contribution in [0.3, 0.4) is 0 Å². The van der Waals surface area contributed by atoms with Crippen LogP contribution < -0.4 is 14.2 Å². The highest BCUT2D eigenvalue weighted by atomic mass is 16.6. The summed E-state index contributed by atoms with van der Waals surface area (Å²) in [6.45, 7) is 2.28. The van der Waals surface area contributed by atoms with Crippen LogP contribution in [0.5, 0.6) is 17.2 Å². The van der Waals surface area contributed by atoms with E-state index in [1.807, 2.05) is 55.5 Å². The van der Waals surface area contributed by atoms with Crippen molar-refractivity contribution >= 4 is 5.91 Å². The number of fused-ring (bicyclic) bond motifs is 1. The topological polar surface area (TPSA) is 48.0 Å². The third-order valence-corrected chi connectivity index (χ3v) is 4.06. The van der Waals surface area contributed by atoms with Crippen molar-refractivity contribution in [2.45, 2.75) is 25.7 Å². The summed E-state index contributed by atoms with van der Waals surface area (Å²) in [6.07, 6.45) is -1.02. The van der Waals surface area contributed by atoms with E-state index in [9.17, 15) is 4.79 Å². The SMILES string of the molecule is COc1ccccc1CN(C)C(=O)C1Oc2ccccc2OC1C. The average Bonchev–Trinajstić information content (AvgIpc) is 2.61. The number of rotatable bonds is 4. The van der Waals surface area contributed by atoms with E-state index in [-0.39, 0.29) is 12.0 Å². The van der Waals surface area contributed by atoms with Crippen LogP contribution in [0.4, 0.5) is 0 Å². The van der Waals surface area contributed by atoms with E-state index in [0.717, 1.165) is 11.3 Å². The van der Waals surface area contributed by atoms with Crippen molar-refractivity contribution in [1.29, 1.82) is 0 Å². The van der Waals surface area contributed by atoms with E-state index in [0.29, 0.717) is 18.0 Å². The highest BCUT2D eigenvalue weighted by Crippen LogP contribution is 2.34. The van der Waals surface area contributed by atoms with Crippen molar-refractivity contribution in [3.05, 3.63) is 54.1 Å². The first kappa shape index (κ1) is 16.2. The van der Waals surface area contributed by atoms with Gasteiger partial charge in [0.1, 0.15) is 11.9 Å². The second-order valence-corrected chi connectivity index (χ2v) is 5.81. The lowest BCUT2D eigenvalue weighted by molar-refractivity contribution is -0.143. The molecule has 0 spiro atoms. The largest absolute Gasteiger partial charge is 0.496 e. The zero-order chi connectivity index (χ0) is 17.1. The molecule has 1 aliphatic rings. The van der Waals surface area contributed by atoms with Gasteiger partial charge in [-0.1, -0.05) is 30.3 Å². The molecule has 0 fully saturated rings. The Kier molecular flexibility index (Phi) is 4.60. The van der Waals surface area contributed by atoms with Gasteiger partial charge < -0.3 is 19.1 Å². The Balaban J connectivity index is 1.74. The molecule has 0 aliphatic carbocycles. The second kappa shape index (κ2) is 6.83. The monoisotopic (exact) mass is 327 g/mol. The molecule has 0 bridgehead atoms.